The lowest BCUT2D eigenvalue weighted by Gasteiger charge is -2.28. The minimum Gasteiger partial charge on any atom is -0.347 e. The van der Waals surface area contributed by atoms with Gasteiger partial charge in [-0.3, -0.25) is 9.59 Å². The molecule has 1 heterocycles. The van der Waals surface area contributed by atoms with Crippen LogP contribution < -0.4 is 5.32 Å². The van der Waals surface area contributed by atoms with Gasteiger partial charge in [-0.15, -0.1) is 0 Å². The molecule has 0 fully saturated rings. The summed E-state index contributed by atoms with van der Waals surface area (Å²) in [5.41, 5.74) is 3.46. The molecule has 0 unspecified atom stereocenters. The van der Waals surface area contributed by atoms with Gasteiger partial charge in [0.05, 0.1) is 6.04 Å². The molecule has 0 radical (unpaired) electrons. The summed E-state index contributed by atoms with van der Waals surface area (Å²) in [4.78, 5) is 28.0. The van der Waals surface area contributed by atoms with E-state index >= 15 is 0 Å². The molecule has 0 spiro atoms. The second kappa shape index (κ2) is 7.69. The van der Waals surface area contributed by atoms with E-state index in [-0.39, 0.29) is 17.9 Å². The third kappa shape index (κ3) is 3.41. The summed E-state index contributed by atoms with van der Waals surface area (Å²) in [6, 6.07) is 26.0. The van der Waals surface area contributed by atoms with E-state index < -0.39 is 6.04 Å². The molecule has 4 nitrogen and oxygen atoms in total. The van der Waals surface area contributed by atoms with Crippen LogP contribution in [0.15, 0.2) is 84.9 Å². The number of nitrogens with one attached hydrogen (secondary N) is 1. The summed E-state index contributed by atoms with van der Waals surface area (Å²) in [5, 5.41) is 3.09. The van der Waals surface area contributed by atoms with Crippen LogP contribution in [0, 0.1) is 0 Å². The molecule has 1 N–H and O–H groups in total. The van der Waals surface area contributed by atoms with Crippen molar-refractivity contribution in [3.8, 4) is 0 Å². The highest BCUT2D eigenvalue weighted by Crippen LogP contribution is 2.32. The minimum absolute atomic E-state index is 0.105. The second-order valence-electron chi connectivity index (χ2n) is 7.04. The average Bonchev–Trinajstić information content (AvgIpc) is 3.06. The molecular formula is C24H22N2O2. The number of carbonyl (C=O) groups excluding carboxylic acids is 2. The maximum absolute atomic E-state index is 13.3. The van der Waals surface area contributed by atoms with Gasteiger partial charge in [0.1, 0.15) is 6.04 Å². The standard InChI is InChI=1S/C24H22N2O2/c1-17(18-10-4-2-5-11-18)25-23(27)22(19-12-6-3-7-13-19)26-16-20-14-8-9-15-21(20)24(26)28/h2-15,17,22H,16H2,1H3,(H,25,27)/t17-,22-/m0/s1. The van der Waals surface area contributed by atoms with Crippen LogP contribution in [0.4, 0.5) is 0 Å². The number of rotatable bonds is 5. The third-order valence-electron chi connectivity index (χ3n) is 5.18. The molecule has 4 heteroatoms. The van der Waals surface area contributed by atoms with Crippen LogP contribution in [0.1, 0.15) is 46.1 Å². The second-order valence-corrected chi connectivity index (χ2v) is 7.04. The molecule has 0 aromatic heterocycles. The van der Waals surface area contributed by atoms with Crippen LogP contribution in [0.5, 0.6) is 0 Å². The first kappa shape index (κ1) is 18.0. The van der Waals surface area contributed by atoms with Gasteiger partial charge in [-0.2, -0.15) is 0 Å². The Balaban J connectivity index is 1.64. The van der Waals surface area contributed by atoms with E-state index in [2.05, 4.69) is 5.32 Å². The number of nitrogens with zero attached hydrogens (tertiary/aromatic N) is 1. The highest BCUT2D eigenvalue weighted by molar-refractivity contribution is 6.01. The summed E-state index contributed by atoms with van der Waals surface area (Å²) in [7, 11) is 0. The van der Waals surface area contributed by atoms with Gasteiger partial charge in [-0.25, -0.2) is 0 Å². The quantitative estimate of drug-likeness (QED) is 0.729. The number of hydrogen-bond acceptors (Lipinski definition) is 2. The van der Waals surface area contributed by atoms with Gasteiger partial charge >= 0.3 is 0 Å². The molecule has 140 valence electrons. The van der Waals surface area contributed by atoms with E-state index in [0.717, 1.165) is 16.7 Å². The minimum atomic E-state index is -0.674. The fourth-order valence-corrected chi connectivity index (χ4v) is 3.71. The summed E-state index contributed by atoms with van der Waals surface area (Å²) in [5.74, 6) is -0.282. The number of hydrogen-bond donors (Lipinski definition) is 1. The average molecular weight is 370 g/mol. The van der Waals surface area contributed by atoms with E-state index in [1.165, 1.54) is 0 Å². The molecule has 1 aliphatic rings. The first-order valence-corrected chi connectivity index (χ1v) is 9.44. The highest BCUT2D eigenvalue weighted by Gasteiger charge is 2.37. The zero-order valence-corrected chi connectivity index (χ0v) is 15.7. The lowest BCUT2D eigenvalue weighted by molar-refractivity contribution is -0.126. The Morgan fingerprint density at radius 3 is 2.07 bits per heavy atom. The topological polar surface area (TPSA) is 49.4 Å². The van der Waals surface area contributed by atoms with Gasteiger partial charge in [-0.05, 0) is 29.7 Å². The van der Waals surface area contributed by atoms with Gasteiger partial charge in [0.2, 0.25) is 5.91 Å². The van der Waals surface area contributed by atoms with E-state index in [1.807, 2.05) is 91.9 Å². The molecule has 3 aromatic carbocycles. The Morgan fingerprint density at radius 2 is 1.43 bits per heavy atom. The van der Waals surface area contributed by atoms with Crippen molar-refractivity contribution in [1.29, 1.82) is 0 Å². The Hall–Kier alpha value is -3.40. The predicted molar refractivity (Wildman–Crippen MR) is 108 cm³/mol. The van der Waals surface area contributed by atoms with Crippen LogP contribution in [-0.2, 0) is 11.3 Å². The summed E-state index contributed by atoms with van der Waals surface area (Å²) >= 11 is 0. The maximum Gasteiger partial charge on any atom is 0.255 e. The number of amides is 2. The van der Waals surface area contributed by atoms with Crippen LogP contribution >= 0.6 is 0 Å². The zero-order chi connectivity index (χ0) is 19.5. The van der Waals surface area contributed by atoms with E-state index in [9.17, 15) is 9.59 Å². The van der Waals surface area contributed by atoms with E-state index in [1.54, 1.807) is 4.90 Å². The van der Waals surface area contributed by atoms with Gasteiger partial charge in [-0.1, -0.05) is 78.9 Å². The van der Waals surface area contributed by atoms with E-state index in [4.69, 9.17) is 0 Å². The monoisotopic (exact) mass is 370 g/mol. The lowest BCUT2D eigenvalue weighted by Crippen LogP contribution is -2.41. The Morgan fingerprint density at radius 1 is 0.857 bits per heavy atom. The van der Waals surface area contributed by atoms with Gasteiger partial charge in [0.25, 0.3) is 5.91 Å². The van der Waals surface area contributed by atoms with Crippen LogP contribution in [0.3, 0.4) is 0 Å². The van der Waals surface area contributed by atoms with Crippen molar-refractivity contribution in [2.75, 3.05) is 0 Å². The third-order valence-corrected chi connectivity index (χ3v) is 5.18. The van der Waals surface area contributed by atoms with Crippen molar-refractivity contribution >= 4 is 11.8 Å². The number of fused-ring (bicyclic) bond motifs is 1. The molecule has 3 aromatic rings. The van der Waals surface area contributed by atoms with Crippen LogP contribution in [-0.4, -0.2) is 16.7 Å². The largest absolute Gasteiger partial charge is 0.347 e. The maximum atomic E-state index is 13.3. The molecule has 0 aliphatic carbocycles. The van der Waals surface area contributed by atoms with Crippen molar-refractivity contribution in [1.82, 2.24) is 10.2 Å². The van der Waals surface area contributed by atoms with Crippen molar-refractivity contribution in [3.63, 3.8) is 0 Å². The highest BCUT2D eigenvalue weighted by atomic mass is 16.2. The summed E-state index contributed by atoms with van der Waals surface area (Å²) < 4.78 is 0. The Labute approximate surface area is 164 Å². The molecule has 0 saturated heterocycles. The van der Waals surface area contributed by atoms with Gasteiger partial charge < -0.3 is 10.2 Å². The molecule has 2 amide bonds. The molecule has 0 bridgehead atoms. The van der Waals surface area contributed by atoms with Crippen LogP contribution in [0.2, 0.25) is 0 Å². The first-order valence-electron chi connectivity index (χ1n) is 9.44. The van der Waals surface area contributed by atoms with Crippen molar-refractivity contribution in [3.05, 3.63) is 107 Å². The van der Waals surface area contributed by atoms with Gasteiger partial charge in [0.15, 0.2) is 0 Å². The van der Waals surface area contributed by atoms with Crippen molar-refractivity contribution in [2.24, 2.45) is 0 Å². The normalized spacial score (nSPS) is 15.0. The summed E-state index contributed by atoms with van der Waals surface area (Å²) in [6.45, 7) is 2.39. The van der Waals surface area contributed by atoms with Crippen LogP contribution in [0.25, 0.3) is 0 Å². The zero-order valence-electron chi connectivity index (χ0n) is 15.7. The predicted octanol–water partition coefficient (Wildman–Crippen LogP) is 4.26. The molecular weight excluding hydrogens is 348 g/mol. The molecule has 4 rings (SSSR count). The van der Waals surface area contributed by atoms with Gasteiger partial charge in [0, 0.05) is 12.1 Å². The van der Waals surface area contributed by atoms with Crippen molar-refractivity contribution < 1.29 is 9.59 Å². The lowest BCUT2D eigenvalue weighted by atomic mass is 10.0. The number of benzene rings is 3. The molecule has 2 atom stereocenters. The summed E-state index contributed by atoms with van der Waals surface area (Å²) in [6.07, 6.45) is 0. The SMILES string of the molecule is C[C@H](NC(=O)[C@H](c1ccccc1)N1Cc2ccccc2C1=O)c1ccccc1. The molecule has 1 aliphatic heterocycles. The fourth-order valence-electron chi connectivity index (χ4n) is 3.71. The smallest absolute Gasteiger partial charge is 0.255 e. The van der Waals surface area contributed by atoms with E-state index in [0.29, 0.717) is 12.1 Å². The number of carbonyl (C=O) groups is 2. The fraction of sp³-hybridized carbons (Fsp3) is 0.167. The molecule has 0 saturated carbocycles. The Kier molecular flexibility index (Phi) is 4.94. The van der Waals surface area contributed by atoms with Crippen molar-refractivity contribution in [2.45, 2.75) is 25.6 Å². The Bertz CT molecular complexity index is 986. The molecule has 28 heavy (non-hydrogen) atoms. The first-order chi connectivity index (χ1) is 13.6.